The first-order valence-corrected chi connectivity index (χ1v) is 45.7. The van der Waals surface area contributed by atoms with Crippen molar-refractivity contribution in [2.45, 2.75) is 463 Å². The monoisotopic (exact) mass is 1470 g/mol. The molecule has 0 aromatic heterocycles. The van der Waals surface area contributed by atoms with E-state index in [0.717, 1.165) is 77.0 Å². The van der Waals surface area contributed by atoms with Crippen LogP contribution in [0.5, 0.6) is 0 Å². The number of rotatable bonds is 86. The van der Waals surface area contributed by atoms with Gasteiger partial charge in [-0.05, 0) is 89.9 Å². The molecule has 0 aliphatic rings. The van der Waals surface area contributed by atoms with E-state index in [9.17, 15) is 19.5 Å². The maximum Gasteiger partial charge on any atom is 0.306 e. The molecule has 0 aliphatic heterocycles. The maximum atomic E-state index is 13.0. The predicted molar refractivity (Wildman–Crippen MR) is 454 cm³/mol. The second-order valence-electron chi connectivity index (χ2n) is 32.2. The van der Waals surface area contributed by atoms with Crippen LogP contribution >= 0.6 is 0 Å². The molecule has 0 N–H and O–H groups in total. The van der Waals surface area contributed by atoms with Crippen molar-refractivity contribution in [3.8, 4) is 0 Å². The number of carbonyl (C=O) groups is 3. The Morgan fingerprint density at radius 3 is 0.810 bits per heavy atom. The Hall–Kier alpha value is -3.53. The lowest BCUT2D eigenvalue weighted by Crippen LogP contribution is -2.44. The first kappa shape index (κ1) is 101. The Morgan fingerprint density at radius 2 is 0.543 bits per heavy atom. The smallest absolute Gasteiger partial charge is 0.306 e. The summed E-state index contributed by atoms with van der Waals surface area (Å²) in [6.07, 6.45) is 116. The number of carboxylic acids is 1. The largest absolute Gasteiger partial charge is 0.545 e. The number of esters is 2. The van der Waals surface area contributed by atoms with Crippen LogP contribution in [-0.2, 0) is 33.3 Å². The van der Waals surface area contributed by atoms with Gasteiger partial charge in [0, 0.05) is 12.8 Å². The number of allylic oxidation sites excluding steroid dienone is 14. The quantitative estimate of drug-likeness (QED) is 0.0195. The molecule has 105 heavy (non-hydrogen) atoms. The molecule has 0 rings (SSSR count). The molecule has 9 nitrogen and oxygen atoms in total. The number of quaternary nitrogens is 1. The fraction of sp³-hybridized carbons (Fsp3) is 0.823. The maximum absolute atomic E-state index is 13.0. The van der Waals surface area contributed by atoms with Crippen molar-refractivity contribution < 1.29 is 42.9 Å². The number of hydrogen-bond acceptors (Lipinski definition) is 8. The van der Waals surface area contributed by atoms with E-state index >= 15 is 0 Å². The standard InChI is InChI=1S/C96H175NO8/c1-6-8-10-12-14-16-18-20-22-24-26-28-30-32-34-36-38-40-42-44-46-47-49-50-52-54-56-58-60-62-64-66-68-70-72-74-76-78-80-82-84-86-93(98)103-90-92(91-104-96(95(100)101)102-89-88-97(3,4)5)105-94(99)87-85-83-81-79-77-75-73-71-69-67-65-63-61-59-57-55-53-51-48-45-43-41-39-37-35-33-31-29-27-25-23-21-19-17-15-13-11-9-7-2/h9,11,15,17-18,20-21,23-24,26-27,29-30,32,92,96H,6-8,10,12-14,16,19,22,25,28,31,33-91H2,1-5H3/b11-9-,17-15-,20-18-,23-21-,26-24-,29-27-,32-30-. The van der Waals surface area contributed by atoms with Crippen LogP contribution < -0.4 is 5.11 Å². The van der Waals surface area contributed by atoms with Gasteiger partial charge in [-0.15, -0.1) is 0 Å². The van der Waals surface area contributed by atoms with E-state index < -0.39 is 24.3 Å². The highest BCUT2D eigenvalue weighted by molar-refractivity contribution is 5.70. The Kier molecular flexibility index (Phi) is 83.2. The molecule has 0 heterocycles. The Labute approximate surface area is 652 Å². The van der Waals surface area contributed by atoms with Crippen LogP contribution in [-0.4, -0.2) is 82.3 Å². The molecule has 2 unspecified atom stereocenters. The number of ether oxygens (including phenoxy) is 4. The summed E-state index contributed by atoms with van der Waals surface area (Å²) in [6, 6.07) is 0. The van der Waals surface area contributed by atoms with Crippen LogP contribution in [0.15, 0.2) is 85.1 Å². The minimum atomic E-state index is -1.62. The van der Waals surface area contributed by atoms with Gasteiger partial charge in [0.05, 0.1) is 40.3 Å². The highest BCUT2D eigenvalue weighted by atomic mass is 16.7. The van der Waals surface area contributed by atoms with Gasteiger partial charge in [0.2, 0.25) is 0 Å². The molecule has 0 radical (unpaired) electrons. The molecule has 0 amide bonds. The average molecular weight is 1470 g/mol. The zero-order chi connectivity index (χ0) is 76.0. The second-order valence-corrected chi connectivity index (χ2v) is 32.2. The van der Waals surface area contributed by atoms with E-state index in [4.69, 9.17) is 18.9 Å². The number of carbonyl (C=O) groups excluding carboxylic acids is 3. The third kappa shape index (κ3) is 87.6. The molecule has 9 heteroatoms. The zero-order valence-electron chi connectivity index (χ0n) is 70.4. The lowest BCUT2D eigenvalue weighted by atomic mass is 10.0. The van der Waals surface area contributed by atoms with Gasteiger partial charge in [0.25, 0.3) is 0 Å². The lowest BCUT2D eigenvalue weighted by molar-refractivity contribution is -0.870. The molecular weight excluding hydrogens is 1300 g/mol. The third-order valence-corrected chi connectivity index (χ3v) is 20.6. The van der Waals surface area contributed by atoms with Crippen molar-refractivity contribution in [1.29, 1.82) is 0 Å². The van der Waals surface area contributed by atoms with Gasteiger partial charge in [0.15, 0.2) is 12.4 Å². The summed E-state index contributed by atoms with van der Waals surface area (Å²) in [7, 11) is 5.96. The first-order chi connectivity index (χ1) is 51.6. The molecule has 2 atom stereocenters. The molecule has 0 saturated heterocycles. The molecule has 0 aromatic carbocycles. The fourth-order valence-electron chi connectivity index (χ4n) is 13.7. The first-order valence-electron chi connectivity index (χ1n) is 45.7. The van der Waals surface area contributed by atoms with Crippen LogP contribution in [0, 0.1) is 0 Å². The molecular formula is C96H175NO8. The van der Waals surface area contributed by atoms with Crippen LogP contribution in [0.25, 0.3) is 0 Å². The highest BCUT2D eigenvalue weighted by Crippen LogP contribution is 2.21. The Balaban J connectivity index is 3.89. The van der Waals surface area contributed by atoms with Crippen LogP contribution in [0.1, 0.15) is 450 Å². The van der Waals surface area contributed by atoms with E-state index in [1.807, 2.05) is 21.1 Å². The number of aliphatic carboxylic acids is 1. The molecule has 0 saturated carbocycles. The van der Waals surface area contributed by atoms with Crippen LogP contribution in [0.2, 0.25) is 0 Å². The second kappa shape index (κ2) is 86.1. The summed E-state index contributed by atoms with van der Waals surface area (Å²) in [5, 5.41) is 11.9. The SMILES string of the molecule is CC/C=C\C/C=C\C/C=C\C/C=C\CCCCCCCCCCCCCCCCCCCCCCCCCCCCC(=O)OC(COC(=O)CCCCCCCCCCCCCCCCCCCCCCCCCCCC/C=C\C/C=C\C/C=C\CCCCCCC)COC(OCC[N+](C)(C)C)C(=O)[O-]. The number of hydrogen-bond donors (Lipinski definition) is 0. The minimum Gasteiger partial charge on any atom is -0.545 e. The average Bonchev–Trinajstić information content (AvgIpc) is 1.97. The summed E-state index contributed by atoms with van der Waals surface area (Å²) in [5.74, 6) is -2.25. The fourth-order valence-corrected chi connectivity index (χ4v) is 13.7. The van der Waals surface area contributed by atoms with Gasteiger partial charge in [0.1, 0.15) is 13.2 Å². The van der Waals surface area contributed by atoms with Gasteiger partial charge < -0.3 is 33.3 Å². The van der Waals surface area contributed by atoms with E-state index in [2.05, 4.69) is 98.9 Å². The summed E-state index contributed by atoms with van der Waals surface area (Å²) in [6.45, 7) is 4.70. The van der Waals surface area contributed by atoms with Crippen LogP contribution in [0.3, 0.4) is 0 Å². The summed E-state index contributed by atoms with van der Waals surface area (Å²) in [4.78, 5) is 37.7. The third-order valence-electron chi connectivity index (χ3n) is 20.6. The van der Waals surface area contributed by atoms with E-state index in [1.54, 1.807) is 0 Å². The van der Waals surface area contributed by atoms with Gasteiger partial charge in [-0.25, -0.2) is 0 Å². The van der Waals surface area contributed by atoms with Crippen molar-refractivity contribution in [1.82, 2.24) is 0 Å². The molecule has 0 spiro atoms. The molecule has 0 aliphatic carbocycles. The normalized spacial score (nSPS) is 13.0. The van der Waals surface area contributed by atoms with Gasteiger partial charge >= 0.3 is 11.9 Å². The van der Waals surface area contributed by atoms with E-state index in [1.165, 1.54) is 347 Å². The topological polar surface area (TPSA) is 111 Å². The molecule has 612 valence electrons. The predicted octanol–water partition coefficient (Wildman–Crippen LogP) is 28.7. The summed E-state index contributed by atoms with van der Waals surface area (Å²) in [5.41, 5.74) is 0. The Bertz CT molecular complexity index is 2010. The highest BCUT2D eigenvalue weighted by Gasteiger charge is 2.22. The van der Waals surface area contributed by atoms with Crippen LogP contribution in [0.4, 0.5) is 0 Å². The number of likely N-dealkylation sites (N-methyl/N-ethyl adjacent to an activating group) is 1. The van der Waals surface area contributed by atoms with Crippen molar-refractivity contribution in [2.24, 2.45) is 0 Å². The van der Waals surface area contributed by atoms with E-state index in [-0.39, 0.29) is 32.2 Å². The van der Waals surface area contributed by atoms with Crippen molar-refractivity contribution in [2.75, 3.05) is 47.5 Å². The summed E-state index contributed by atoms with van der Waals surface area (Å²) < 4.78 is 22.9. The molecule has 0 bridgehead atoms. The summed E-state index contributed by atoms with van der Waals surface area (Å²) >= 11 is 0. The zero-order valence-corrected chi connectivity index (χ0v) is 70.4. The molecule has 0 fully saturated rings. The lowest BCUT2D eigenvalue weighted by Gasteiger charge is -2.26. The number of carboxylic acid groups (broad SMARTS) is 1. The van der Waals surface area contributed by atoms with Crippen molar-refractivity contribution in [3.63, 3.8) is 0 Å². The van der Waals surface area contributed by atoms with Gasteiger partial charge in [-0.3, -0.25) is 9.59 Å². The van der Waals surface area contributed by atoms with Gasteiger partial charge in [-0.1, -0.05) is 433 Å². The Morgan fingerprint density at radius 1 is 0.295 bits per heavy atom. The number of nitrogens with zero attached hydrogens (tertiary/aromatic N) is 1. The minimum absolute atomic E-state index is 0.150. The number of unbranched alkanes of at least 4 members (excludes halogenated alkanes) is 57. The van der Waals surface area contributed by atoms with Crippen molar-refractivity contribution >= 4 is 17.9 Å². The van der Waals surface area contributed by atoms with E-state index in [0.29, 0.717) is 17.4 Å². The molecule has 0 aromatic rings. The van der Waals surface area contributed by atoms with Crippen molar-refractivity contribution in [3.05, 3.63) is 85.1 Å². The van der Waals surface area contributed by atoms with Gasteiger partial charge in [-0.2, -0.15) is 0 Å².